The van der Waals surface area contributed by atoms with Gasteiger partial charge in [0.15, 0.2) is 0 Å². The molecule has 24 heavy (non-hydrogen) atoms. The zero-order valence-electron chi connectivity index (χ0n) is 14.2. The van der Waals surface area contributed by atoms with Gasteiger partial charge in [-0.3, -0.25) is 0 Å². The van der Waals surface area contributed by atoms with Crippen molar-refractivity contribution in [1.82, 2.24) is 9.97 Å². The molecule has 4 atom stereocenters. The standard InChI is InChI=1S/C16H26N4O4/c1-11(21)13-9-19(5-7-23-13)15-3-4-17-16(18-15)20-6-8-24-14(10-20)12(2)22/h3-4,11-14,21-22H,5-10H2,1-2H3. The molecule has 2 saturated heterocycles. The van der Waals surface area contributed by atoms with Crippen molar-refractivity contribution in [2.24, 2.45) is 0 Å². The Kier molecular flexibility index (Phi) is 5.50. The van der Waals surface area contributed by atoms with Gasteiger partial charge in [-0.15, -0.1) is 0 Å². The van der Waals surface area contributed by atoms with Gasteiger partial charge in [0.1, 0.15) is 18.0 Å². The summed E-state index contributed by atoms with van der Waals surface area (Å²) in [7, 11) is 0. The molecule has 0 bridgehead atoms. The molecule has 1 aromatic heterocycles. The highest BCUT2D eigenvalue weighted by atomic mass is 16.5. The van der Waals surface area contributed by atoms with E-state index >= 15 is 0 Å². The van der Waals surface area contributed by atoms with Crippen LogP contribution in [0.5, 0.6) is 0 Å². The molecule has 3 heterocycles. The summed E-state index contributed by atoms with van der Waals surface area (Å²) < 4.78 is 11.2. The van der Waals surface area contributed by atoms with E-state index in [0.29, 0.717) is 38.8 Å². The van der Waals surface area contributed by atoms with Gasteiger partial charge in [-0.2, -0.15) is 4.98 Å². The Labute approximate surface area is 142 Å². The number of hydrogen-bond acceptors (Lipinski definition) is 8. The van der Waals surface area contributed by atoms with Crippen LogP contribution in [0.3, 0.4) is 0 Å². The van der Waals surface area contributed by atoms with Crippen LogP contribution in [0.1, 0.15) is 13.8 Å². The monoisotopic (exact) mass is 338 g/mol. The molecule has 2 N–H and O–H groups in total. The summed E-state index contributed by atoms with van der Waals surface area (Å²) in [5.74, 6) is 1.47. The predicted molar refractivity (Wildman–Crippen MR) is 89.3 cm³/mol. The molecule has 8 heteroatoms. The van der Waals surface area contributed by atoms with E-state index in [1.165, 1.54) is 0 Å². The molecule has 3 rings (SSSR count). The van der Waals surface area contributed by atoms with E-state index in [1.807, 2.05) is 11.0 Å². The Bertz CT molecular complexity index is 499. The number of hydrogen-bond donors (Lipinski definition) is 2. The van der Waals surface area contributed by atoms with Gasteiger partial charge in [0.05, 0.1) is 25.4 Å². The van der Waals surface area contributed by atoms with E-state index < -0.39 is 12.2 Å². The third-order valence-corrected chi connectivity index (χ3v) is 4.50. The van der Waals surface area contributed by atoms with Crippen molar-refractivity contribution in [3.8, 4) is 0 Å². The third-order valence-electron chi connectivity index (χ3n) is 4.50. The largest absolute Gasteiger partial charge is 0.391 e. The van der Waals surface area contributed by atoms with Crippen molar-refractivity contribution in [2.45, 2.75) is 38.3 Å². The molecule has 0 amide bonds. The summed E-state index contributed by atoms with van der Waals surface area (Å²) in [5, 5.41) is 19.5. The van der Waals surface area contributed by atoms with Crippen LogP contribution in [0.4, 0.5) is 11.8 Å². The Morgan fingerprint density at radius 3 is 2.25 bits per heavy atom. The molecule has 0 aromatic carbocycles. The lowest BCUT2D eigenvalue weighted by molar-refractivity contribution is -0.0371. The van der Waals surface area contributed by atoms with Crippen LogP contribution < -0.4 is 9.80 Å². The van der Waals surface area contributed by atoms with E-state index in [4.69, 9.17) is 9.47 Å². The first-order valence-electron chi connectivity index (χ1n) is 8.47. The number of aliphatic hydroxyl groups excluding tert-OH is 2. The highest BCUT2D eigenvalue weighted by Crippen LogP contribution is 2.21. The summed E-state index contributed by atoms with van der Waals surface area (Å²) in [5.41, 5.74) is 0. The minimum Gasteiger partial charge on any atom is -0.391 e. The summed E-state index contributed by atoms with van der Waals surface area (Å²) in [6.45, 7) is 7.19. The van der Waals surface area contributed by atoms with Gasteiger partial charge in [-0.05, 0) is 19.9 Å². The van der Waals surface area contributed by atoms with Gasteiger partial charge in [-0.1, -0.05) is 0 Å². The molecule has 0 radical (unpaired) electrons. The summed E-state index contributed by atoms with van der Waals surface area (Å²) in [4.78, 5) is 13.2. The summed E-state index contributed by atoms with van der Waals surface area (Å²) in [6, 6.07) is 1.88. The maximum Gasteiger partial charge on any atom is 0.227 e. The SMILES string of the molecule is CC(O)C1CN(c2ccnc(N3CCOC(C(C)O)C3)n2)CCO1. The minimum absolute atomic E-state index is 0.208. The van der Waals surface area contributed by atoms with Gasteiger partial charge in [0, 0.05) is 32.4 Å². The number of rotatable bonds is 4. The van der Waals surface area contributed by atoms with Gasteiger partial charge in [0.2, 0.25) is 5.95 Å². The second-order valence-electron chi connectivity index (χ2n) is 6.41. The molecule has 8 nitrogen and oxygen atoms in total. The highest BCUT2D eigenvalue weighted by Gasteiger charge is 2.28. The Hall–Kier alpha value is -1.48. The van der Waals surface area contributed by atoms with Crippen molar-refractivity contribution in [1.29, 1.82) is 0 Å². The van der Waals surface area contributed by atoms with E-state index in [1.54, 1.807) is 20.0 Å². The molecule has 0 saturated carbocycles. The normalized spacial score (nSPS) is 27.8. The number of aliphatic hydroxyl groups is 2. The summed E-state index contributed by atoms with van der Waals surface area (Å²) in [6.07, 6.45) is 0.272. The number of aromatic nitrogens is 2. The topological polar surface area (TPSA) is 91.2 Å². The fourth-order valence-corrected chi connectivity index (χ4v) is 2.99. The van der Waals surface area contributed by atoms with Crippen molar-refractivity contribution in [2.75, 3.05) is 49.2 Å². The maximum absolute atomic E-state index is 9.75. The van der Waals surface area contributed by atoms with Crippen molar-refractivity contribution in [3.05, 3.63) is 12.3 Å². The lowest BCUT2D eigenvalue weighted by Gasteiger charge is -2.36. The average Bonchev–Trinajstić information content (AvgIpc) is 2.62. The van der Waals surface area contributed by atoms with Gasteiger partial charge in [0.25, 0.3) is 0 Å². The first kappa shape index (κ1) is 17.3. The second kappa shape index (κ2) is 7.60. The molecule has 2 aliphatic heterocycles. The fourth-order valence-electron chi connectivity index (χ4n) is 2.99. The zero-order chi connectivity index (χ0) is 17.1. The molecule has 0 aliphatic carbocycles. The van der Waals surface area contributed by atoms with Crippen LogP contribution >= 0.6 is 0 Å². The molecule has 2 aliphatic rings. The van der Waals surface area contributed by atoms with Gasteiger partial charge < -0.3 is 29.5 Å². The maximum atomic E-state index is 9.75. The van der Waals surface area contributed by atoms with Crippen LogP contribution in [0, 0.1) is 0 Å². The molecule has 1 aromatic rings. The van der Waals surface area contributed by atoms with Crippen molar-refractivity contribution >= 4 is 11.8 Å². The number of anilines is 2. The summed E-state index contributed by atoms with van der Waals surface area (Å²) >= 11 is 0. The van der Waals surface area contributed by atoms with E-state index in [-0.39, 0.29) is 12.2 Å². The average molecular weight is 338 g/mol. The zero-order valence-corrected chi connectivity index (χ0v) is 14.2. The van der Waals surface area contributed by atoms with E-state index in [2.05, 4.69) is 14.9 Å². The number of nitrogens with zero attached hydrogens (tertiary/aromatic N) is 4. The fraction of sp³-hybridized carbons (Fsp3) is 0.750. The van der Waals surface area contributed by atoms with Crippen LogP contribution in [0.15, 0.2) is 12.3 Å². The predicted octanol–water partition coefficient (Wildman–Crippen LogP) is -0.351. The minimum atomic E-state index is -0.526. The second-order valence-corrected chi connectivity index (χ2v) is 6.41. The number of ether oxygens (including phenoxy) is 2. The van der Waals surface area contributed by atoms with Gasteiger partial charge >= 0.3 is 0 Å². The highest BCUT2D eigenvalue weighted by molar-refractivity contribution is 5.44. The Balaban J connectivity index is 1.72. The molecule has 4 unspecified atom stereocenters. The van der Waals surface area contributed by atoms with E-state index in [0.717, 1.165) is 12.4 Å². The van der Waals surface area contributed by atoms with Crippen LogP contribution in [-0.4, -0.2) is 84.0 Å². The Morgan fingerprint density at radius 1 is 1.04 bits per heavy atom. The molecule has 134 valence electrons. The lowest BCUT2D eigenvalue weighted by atomic mass is 10.2. The molecule has 2 fully saturated rings. The quantitative estimate of drug-likeness (QED) is 0.770. The molecular weight excluding hydrogens is 312 g/mol. The first-order chi connectivity index (χ1) is 11.5. The van der Waals surface area contributed by atoms with Crippen LogP contribution in [0.25, 0.3) is 0 Å². The Morgan fingerprint density at radius 2 is 1.62 bits per heavy atom. The van der Waals surface area contributed by atoms with Crippen LogP contribution in [-0.2, 0) is 9.47 Å². The number of morpholine rings is 2. The van der Waals surface area contributed by atoms with Gasteiger partial charge in [-0.25, -0.2) is 4.98 Å². The lowest BCUT2D eigenvalue weighted by Crippen LogP contribution is -2.48. The third kappa shape index (κ3) is 3.94. The van der Waals surface area contributed by atoms with Crippen LogP contribution in [0.2, 0.25) is 0 Å². The van der Waals surface area contributed by atoms with Crippen molar-refractivity contribution < 1.29 is 19.7 Å². The smallest absolute Gasteiger partial charge is 0.227 e. The van der Waals surface area contributed by atoms with E-state index in [9.17, 15) is 10.2 Å². The molecule has 0 spiro atoms. The first-order valence-corrected chi connectivity index (χ1v) is 8.47. The van der Waals surface area contributed by atoms with Crippen molar-refractivity contribution in [3.63, 3.8) is 0 Å². The molecular formula is C16H26N4O4.